The van der Waals surface area contributed by atoms with Gasteiger partial charge in [-0.25, -0.2) is 0 Å². The number of rotatable bonds is 5. The summed E-state index contributed by atoms with van der Waals surface area (Å²) in [7, 11) is 0. The Hall–Kier alpha value is -2.36. The molecule has 182 valence electrons. The summed E-state index contributed by atoms with van der Waals surface area (Å²) in [6.45, 7) is 12.7. The van der Waals surface area contributed by atoms with E-state index in [2.05, 4.69) is 42.2 Å². The van der Waals surface area contributed by atoms with Crippen LogP contribution in [-0.4, -0.2) is 60.4 Å². The first-order valence-corrected chi connectivity index (χ1v) is 12.5. The van der Waals surface area contributed by atoms with Crippen LogP contribution in [-0.2, 0) is 9.53 Å². The molecule has 34 heavy (non-hydrogen) atoms. The van der Waals surface area contributed by atoms with Crippen molar-refractivity contribution in [3.8, 4) is 6.07 Å². The number of carbonyl (C=O) groups is 1. The molecule has 0 unspecified atom stereocenters. The van der Waals surface area contributed by atoms with Crippen molar-refractivity contribution in [2.75, 3.05) is 37.6 Å². The molecule has 6 heteroatoms. The van der Waals surface area contributed by atoms with Gasteiger partial charge in [-0.15, -0.1) is 0 Å². The fourth-order valence-electron chi connectivity index (χ4n) is 6.09. The molecule has 0 aromatic heterocycles. The van der Waals surface area contributed by atoms with Gasteiger partial charge in [0.05, 0.1) is 23.7 Å². The van der Waals surface area contributed by atoms with Crippen LogP contribution in [0.3, 0.4) is 0 Å². The number of piperazine rings is 1. The lowest BCUT2D eigenvalue weighted by Gasteiger charge is -2.53. The van der Waals surface area contributed by atoms with Gasteiger partial charge >= 0.3 is 5.97 Å². The molecule has 6 nitrogen and oxygen atoms in total. The number of hydrogen-bond donors (Lipinski definition) is 1. The molecule has 1 aliphatic heterocycles. The predicted octanol–water partition coefficient (Wildman–Crippen LogP) is 3.68. The van der Waals surface area contributed by atoms with Crippen LogP contribution in [0.2, 0.25) is 0 Å². The Bertz CT molecular complexity index is 945. The minimum Gasteiger partial charge on any atom is -0.457 e. The van der Waals surface area contributed by atoms with Gasteiger partial charge in [0.2, 0.25) is 0 Å². The second-order valence-corrected chi connectivity index (χ2v) is 10.5. The zero-order valence-corrected chi connectivity index (χ0v) is 20.8. The molecular weight excluding hydrogens is 426 g/mol. The summed E-state index contributed by atoms with van der Waals surface area (Å²) >= 11 is 0. The highest BCUT2D eigenvalue weighted by molar-refractivity contribution is 5.66. The monoisotopic (exact) mass is 463 g/mol. The van der Waals surface area contributed by atoms with Gasteiger partial charge in [-0.1, -0.05) is 19.9 Å². The van der Waals surface area contributed by atoms with Gasteiger partial charge in [0.1, 0.15) is 6.10 Å². The normalized spacial score (nSPS) is 32.8. The van der Waals surface area contributed by atoms with Gasteiger partial charge in [0.25, 0.3) is 0 Å². The number of ether oxygens (including phenoxy) is 1. The Morgan fingerprint density at radius 2 is 1.94 bits per heavy atom. The fraction of sp³-hybridized carbons (Fsp3) is 0.607. The van der Waals surface area contributed by atoms with E-state index in [1.165, 1.54) is 12.6 Å². The van der Waals surface area contributed by atoms with Gasteiger partial charge in [-0.3, -0.25) is 9.69 Å². The number of nitrogens with zero attached hydrogens (tertiary/aromatic N) is 3. The molecule has 2 aliphatic carbocycles. The molecule has 6 atom stereocenters. The third-order valence-electron chi connectivity index (χ3n) is 8.17. The third-order valence-corrected chi connectivity index (χ3v) is 8.17. The van der Waals surface area contributed by atoms with Gasteiger partial charge in [0.15, 0.2) is 0 Å². The maximum absolute atomic E-state index is 11.7. The highest BCUT2D eigenvalue weighted by Crippen LogP contribution is 2.50. The van der Waals surface area contributed by atoms with Crippen molar-refractivity contribution in [1.29, 1.82) is 5.26 Å². The standard InChI is InChI=1S/C28H37N3O3/c1-19-15-26-25(10-5-21(3)28(26,33)16-27(19)34-22(4)32)20(2)18-30-11-13-31(14-12-30)24-8-6-23(17-29)7-9-24/h6-9,15,20-21,25-27,33H,5,10-14,18H2,1-4H3/t20-,21-,25+,26-,27-,28-/m1/s1. The quantitative estimate of drug-likeness (QED) is 0.530. The van der Waals surface area contributed by atoms with Crippen molar-refractivity contribution in [1.82, 2.24) is 4.90 Å². The molecule has 1 heterocycles. The number of carbonyl (C=O) groups excluding carboxylic acids is 1. The van der Waals surface area contributed by atoms with Gasteiger partial charge in [-0.2, -0.15) is 5.26 Å². The first-order valence-electron chi connectivity index (χ1n) is 12.5. The molecule has 2 fully saturated rings. The highest BCUT2D eigenvalue weighted by Gasteiger charge is 2.53. The zero-order valence-electron chi connectivity index (χ0n) is 20.8. The highest BCUT2D eigenvalue weighted by atomic mass is 16.5. The summed E-state index contributed by atoms with van der Waals surface area (Å²) in [5.41, 5.74) is 1.77. The molecule has 1 saturated heterocycles. The van der Waals surface area contributed by atoms with Crippen LogP contribution in [0, 0.1) is 41.4 Å². The maximum Gasteiger partial charge on any atom is 0.303 e. The minimum absolute atomic E-state index is 0.00186. The molecule has 0 spiro atoms. The average molecular weight is 464 g/mol. The van der Waals surface area contributed by atoms with Gasteiger partial charge < -0.3 is 14.7 Å². The van der Waals surface area contributed by atoms with Crippen molar-refractivity contribution in [3.63, 3.8) is 0 Å². The molecule has 4 rings (SSSR count). The van der Waals surface area contributed by atoms with E-state index in [0.717, 1.165) is 51.1 Å². The van der Waals surface area contributed by atoms with E-state index >= 15 is 0 Å². The first-order chi connectivity index (χ1) is 16.2. The van der Waals surface area contributed by atoms with Crippen LogP contribution in [0.1, 0.15) is 46.1 Å². The topological polar surface area (TPSA) is 76.8 Å². The number of fused-ring (bicyclic) bond motifs is 1. The summed E-state index contributed by atoms with van der Waals surface area (Å²) in [5.74, 6) is 0.526. The number of benzene rings is 1. The third kappa shape index (κ3) is 5.01. The van der Waals surface area contributed by atoms with E-state index in [0.29, 0.717) is 17.4 Å². The molecule has 0 bridgehead atoms. The summed E-state index contributed by atoms with van der Waals surface area (Å²) in [6, 6.07) is 10.0. The lowest BCUT2D eigenvalue weighted by molar-refractivity contribution is -0.148. The lowest BCUT2D eigenvalue weighted by Crippen LogP contribution is -2.57. The summed E-state index contributed by atoms with van der Waals surface area (Å²) < 4.78 is 5.44. The van der Waals surface area contributed by atoms with E-state index in [1.807, 2.05) is 31.2 Å². The Labute approximate surface area is 204 Å². The maximum atomic E-state index is 11.7. The molecular formula is C28H37N3O3. The Morgan fingerprint density at radius 3 is 2.56 bits per heavy atom. The van der Waals surface area contributed by atoms with Crippen molar-refractivity contribution < 1.29 is 14.6 Å². The Balaban J connectivity index is 1.39. The first kappa shape index (κ1) is 24.8. The van der Waals surface area contributed by atoms with Crippen molar-refractivity contribution in [2.45, 2.75) is 52.2 Å². The van der Waals surface area contributed by atoms with Crippen LogP contribution in [0.5, 0.6) is 0 Å². The SMILES string of the molecule is CC(=O)O[C@@H]1[C][C@@]2(O)[C@H](C)CC[C@@H]([C@H](C)CN3CCN(c4ccc(C#N)cc4)CC3)[C@H]2C=C1C. The lowest BCUT2D eigenvalue weighted by atomic mass is 9.57. The number of anilines is 1. The fourth-order valence-corrected chi connectivity index (χ4v) is 6.09. The molecule has 1 aromatic carbocycles. The van der Waals surface area contributed by atoms with Gasteiger partial charge in [-0.05, 0) is 67.4 Å². The van der Waals surface area contributed by atoms with Gasteiger partial charge in [0, 0.05) is 51.3 Å². The van der Waals surface area contributed by atoms with E-state index in [1.54, 1.807) is 0 Å². The van der Waals surface area contributed by atoms with Crippen molar-refractivity contribution >= 4 is 11.7 Å². The molecule has 0 amide bonds. The number of esters is 1. The average Bonchev–Trinajstić information content (AvgIpc) is 2.81. The largest absolute Gasteiger partial charge is 0.457 e. The summed E-state index contributed by atoms with van der Waals surface area (Å²) in [5, 5.41) is 20.7. The van der Waals surface area contributed by atoms with E-state index in [9.17, 15) is 9.90 Å². The van der Waals surface area contributed by atoms with E-state index in [-0.39, 0.29) is 17.8 Å². The zero-order chi connectivity index (χ0) is 24.5. The van der Waals surface area contributed by atoms with Crippen molar-refractivity contribution in [2.24, 2.45) is 23.7 Å². The predicted molar refractivity (Wildman–Crippen MR) is 132 cm³/mol. The summed E-state index contributed by atoms with van der Waals surface area (Å²) in [4.78, 5) is 16.5. The van der Waals surface area contributed by atoms with Crippen LogP contribution in [0.25, 0.3) is 0 Å². The van der Waals surface area contributed by atoms with Crippen LogP contribution in [0.4, 0.5) is 5.69 Å². The Morgan fingerprint density at radius 1 is 1.26 bits per heavy atom. The molecule has 1 N–H and O–H groups in total. The van der Waals surface area contributed by atoms with Crippen LogP contribution < -0.4 is 4.90 Å². The number of nitriles is 1. The molecule has 1 aromatic rings. The summed E-state index contributed by atoms with van der Waals surface area (Å²) in [6.07, 6.45) is 6.91. The Kier molecular flexibility index (Phi) is 7.35. The smallest absolute Gasteiger partial charge is 0.303 e. The molecule has 1 saturated carbocycles. The second kappa shape index (κ2) is 10.1. The van der Waals surface area contributed by atoms with E-state index in [4.69, 9.17) is 10.00 Å². The minimum atomic E-state index is -1.06. The second-order valence-electron chi connectivity index (χ2n) is 10.5. The molecule has 2 radical (unpaired) electrons. The van der Waals surface area contributed by atoms with Crippen molar-refractivity contribution in [3.05, 3.63) is 47.9 Å². The number of aliphatic hydroxyl groups is 1. The van der Waals surface area contributed by atoms with Crippen LogP contribution >= 0.6 is 0 Å². The van der Waals surface area contributed by atoms with Crippen LogP contribution in [0.15, 0.2) is 35.9 Å². The van der Waals surface area contributed by atoms with E-state index < -0.39 is 11.7 Å². The number of hydrogen-bond acceptors (Lipinski definition) is 6. The molecule has 3 aliphatic rings.